The van der Waals surface area contributed by atoms with E-state index in [9.17, 15) is 0 Å². The Morgan fingerprint density at radius 3 is 1.86 bits per heavy atom. The minimum atomic E-state index is 0.202. The summed E-state index contributed by atoms with van der Waals surface area (Å²) in [5.74, 6) is 0. The molecule has 0 fully saturated rings. The van der Waals surface area contributed by atoms with E-state index in [0.29, 0.717) is 0 Å². The molecule has 0 aromatic heterocycles. The maximum absolute atomic E-state index is 3.97. The van der Waals surface area contributed by atoms with Gasteiger partial charge in [-0.25, -0.2) is 0 Å². The van der Waals surface area contributed by atoms with Gasteiger partial charge in [-0.3, -0.25) is 0 Å². The lowest BCUT2D eigenvalue weighted by Gasteiger charge is -2.35. The van der Waals surface area contributed by atoms with E-state index < -0.39 is 0 Å². The first-order valence-electron chi connectivity index (χ1n) is 18.2. The van der Waals surface area contributed by atoms with E-state index in [1.807, 2.05) is 6.08 Å². The standard InChI is InChI=1S/C48H44N2/c1-3-35-19-27-41(28-20-35)49(47-17-9-13-39-11-5-7-15-45(39)47)43-31-23-37(24-32-43)38-25-33-44(34-26-38)50(42-29-21-36(4-2)22-30-42)48-18-10-14-40-12-6-8-16-46(40)48/h3,7-10,13-31,33-34,43H,1,4-6,11-12,32H2,2H3. The van der Waals surface area contributed by atoms with Crippen LogP contribution < -0.4 is 9.80 Å². The fraction of sp³-hybridized carbons (Fsp3) is 0.167. The van der Waals surface area contributed by atoms with Gasteiger partial charge in [0.15, 0.2) is 0 Å². The second kappa shape index (κ2) is 14.1. The molecule has 50 heavy (non-hydrogen) atoms. The molecule has 0 heterocycles. The Morgan fingerprint density at radius 1 is 0.660 bits per heavy atom. The molecule has 246 valence electrons. The summed E-state index contributed by atoms with van der Waals surface area (Å²) >= 11 is 0. The van der Waals surface area contributed by atoms with Crippen molar-refractivity contribution in [3.63, 3.8) is 0 Å². The minimum Gasteiger partial charge on any atom is -0.334 e. The zero-order valence-electron chi connectivity index (χ0n) is 28.9. The van der Waals surface area contributed by atoms with Crippen LogP contribution in [0.1, 0.15) is 65.1 Å². The molecule has 1 unspecified atom stereocenters. The fourth-order valence-electron chi connectivity index (χ4n) is 7.71. The highest BCUT2D eigenvalue weighted by molar-refractivity contribution is 5.86. The van der Waals surface area contributed by atoms with Crippen LogP contribution in [0.15, 0.2) is 146 Å². The van der Waals surface area contributed by atoms with Crippen LogP contribution >= 0.6 is 0 Å². The van der Waals surface area contributed by atoms with Crippen molar-refractivity contribution in [2.45, 2.75) is 51.5 Å². The predicted molar refractivity (Wildman–Crippen MR) is 216 cm³/mol. The molecule has 0 saturated carbocycles. The maximum Gasteiger partial charge on any atom is 0.0560 e. The van der Waals surface area contributed by atoms with Crippen molar-refractivity contribution in [2.24, 2.45) is 0 Å². The van der Waals surface area contributed by atoms with Gasteiger partial charge in [0, 0.05) is 33.9 Å². The molecule has 0 aliphatic heterocycles. The highest BCUT2D eigenvalue weighted by atomic mass is 15.2. The zero-order chi connectivity index (χ0) is 33.9. The summed E-state index contributed by atoms with van der Waals surface area (Å²) in [7, 11) is 0. The summed E-state index contributed by atoms with van der Waals surface area (Å²) in [6, 6.07) is 40.7. The number of benzene rings is 5. The van der Waals surface area contributed by atoms with Gasteiger partial charge in [-0.2, -0.15) is 0 Å². The number of fused-ring (bicyclic) bond motifs is 2. The van der Waals surface area contributed by atoms with Gasteiger partial charge in [-0.15, -0.1) is 0 Å². The van der Waals surface area contributed by atoms with Gasteiger partial charge in [0.05, 0.1) is 11.7 Å². The van der Waals surface area contributed by atoms with Gasteiger partial charge in [0.2, 0.25) is 0 Å². The average molecular weight is 649 g/mol. The monoisotopic (exact) mass is 648 g/mol. The summed E-state index contributed by atoms with van der Waals surface area (Å²) in [5.41, 5.74) is 16.5. The average Bonchev–Trinajstić information content (AvgIpc) is 3.19. The minimum absolute atomic E-state index is 0.202. The van der Waals surface area contributed by atoms with Gasteiger partial charge in [0.1, 0.15) is 0 Å². The first kappa shape index (κ1) is 31.7. The molecule has 0 bridgehead atoms. The SMILES string of the molecule is C=Cc1ccc(N(c2cccc3c2C=CCC3)C2C=CC(c3ccc(N(c4ccc(CC)cc4)c4cccc5c4C=CCC5)cc3)=CC2)cc1. The van der Waals surface area contributed by atoms with Crippen LogP contribution in [0.2, 0.25) is 0 Å². The van der Waals surface area contributed by atoms with E-state index in [0.717, 1.165) is 44.1 Å². The second-order valence-electron chi connectivity index (χ2n) is 13.5. The van der Waals surface area contributed by atoms with E-state index in [2.05, 4.69) is 175 Å². The van der Waals surface area contributed by atoms with Gasteiger partial charge in [-0.1, -0.05) is 123 Å². The highest BCUT2D eigenvalue weighted by Gasteiger charge is 2.24. The van der Waals surface area contributed by atoms with Crippen LogP contribution in [0.3, 0.4) is 0 Å². The van der Waals surface area contributed by atoms with Crippen molar-refractivity contribution in [3.8, 4) is 0 Å². The second-order valence-corrected chi connectivity index (χ2v) is 13.5. The molecule has 0 N–H and O–H groups in total. The maximum atomic E-state index is 3.97. The van der Waals surface area contributed by atoms with Crippen LogP contribution in [-0.2, 0) is 19.3 Å². The van der Waals surface area contributed by atoms with Crippen molar-refractivity contribution >= 4 is 52.2 Å². The number of anilines is 5. The normalized spacial score (nSPS) is 15.9. The number of hydrogen-bond donors (Lipinski definition) is 0. The predicted octanol–water partition coefficient (Wildman–Crippen LogP) is 12.8. The van der Waals surface area contributed by atoms with Crippen LogP contribution in [0.25, 0.3) is 23.8 Å². The van der Waals surface area contributed by atoms with Crippen LogP contribution in [0.5, 0.6) is 0 Å². The molecule has 5 aromatic rings. The molecular weight excluding hydrogens is 605 g/mol. The summed E-state index contributed by atoms with van der Waals surface area (Å²) < 4.78 is 0. The number of hydrogen-bond acceptors (Lipinski definition) is 2. The summed E-state index contributed by atoms with van der Waals surface area (Å²) in [6.07, 6.45) is 24.6. The van der Waals surface area contributed by atoms with Crippen molar-refractivity contribution in [2.75, 3.05) is 9.80 Å². The first-order valence-corrected chi connectivity index (χ1v) is 18.2. The highest BCUT2D eigenvalue weighted by Crippen LogP contribution is 2.41. The number of nitrogens with zero attached hydrogens (tertiary/aromatic N) is 2. The van der Waals surface area contributed by atoms with Crippen molar-refractivity contribution in [1.82, 2.24) is 0 Å². The third kappa shape index (κ3) is 6.18. The lowest BCUT2D eigenvalue weighted by Crippen LogP contribution is -2.31. The lowest BCUT2D eigenvalue weighted by molar-refractivity contribution is 0.785. The summed E-state index contributed by atoms with van der Waals surface area (Å²) in [4.78, 5) is 4.94. The quantitative estimate of drug-likeness (QED) is 0.157. The number of rotatable bonds is 9. The first-order chi connectivity index (χ1) is 24.7. The molecule has 0 spiro atoms. The van der Waals surface area contributed by atoms with E-state index in [1.165, 1.54) is 67.4 Å². The fourth-order valence-corrected chi connectivity index (χ4v) is 7.71. The van der Waals surface area contributed by atoms with Gasteiger partial charge >= 0.3 is 0 Å². The Balaban J connectivity index is 1.10. The van der Waals surface area contributed by atoms with Crippen molar-refractivity contribution in [1.29, 1.82) is 0 Å². The molecular formula is C48H44N2. The zero-order valence-corrected chi connectivity index (χ0v) is 28.9. The summed E-state index contributed by atoms with van der Waals surface area (Å²) in [5, 5.41) is 0. The number of allylic oxidation sites excluding steroid dienone is 4. The Kier molecular flexibility index (Phi) is 8.92. The van der Waals surface area contributed by atoms with Crippen LogP contribution in [0, 0.1) is 0 Å². The third-order valence-corrected chi connectivity index (χ3v) is 10.5. The molecule has 0 saturated heterocycles. The van der Waals surface area contributed by atoms with Crippen LogP contribution in [-0.4, -0.2) is 6.04 Å². The van der Waals surface area contributed by atoms with Gasteiger partial charge in [0.25, 0.3) is 0 Å². The molecule has 1 atom stereocenters. The van der Waals surface area contributed by atoms with Gasteiger partial charge in [-0.05, 0) is 120 Å². The smallest absolute Gasteiger partial charge is 0.0560 e. The molecule has 8 rings (SSSR count). The Morgan fingerprint density at radius 2 is 1.26 bits per heavy atom. The third-order valence-electron chi connectivity index (χ3n) is 10.5. The largest absolute Gasteiger partial charge is 0.334 e. The molecule has 5 aromatic carbocycles. The summed E-state index contributed by atoms with van der Waals surface area (Å²) in [6.45, 7) is 6.18. The Bertz CT molecular complexity index is 2120. The topological polar surface area (TPSA) is 6.48 Å². The van der Waals surface area contributed by atoms with E-state index in [-0.39, 0.29) is 6.04 Å². The number of aryl methyl sites for hydroxylation is 3. The Labute approximate surface area is 297 Å². The molecule has 2 heteroatoms. The van der Waals surface area contributed by atoms with E-state index in [4.69, 9.17) is 0 Å². The molecule has 3 aliphatic rings. The van der Waals surface area contributed by atoms with E-state index >= 15 is 0 Å². The molecule has 2 nitrogen and oxygen atoms in total. The molecule has 0 radical (unpaired) electrons. The molecule has 3 aliphatic carbocycles. The Hall–Kier alpha value is -5.60. The van der Waals surface area contributed by atoms with Gasteiger partial charge < -0.3 is 9.80 Å². The van der Waals surface area contributed by atoms with Crippen LogP contribution in [0.4, 0.5) is 28.4 Å². The van der Waals surface area contributed by atoms with Crippen molar-refractivity contribution in [3.05, 3.63) is 185 Å². The lowest BCUT2D eigenvalue weighted by atomic mass is 9.92. The van der Waals surface area contributed by atoms with Crippen molar-refractivity contribution < 1.29 is 0 Å². The molecule has 0 amide bonds. The van der Waals surface area contributed by atoms with E-state index in [1.54, 1.807) is 0 Å².